The lowest BCUT2D eigenvalue weighted by Crippen LogP contribution is -2.37. The molecule has 0 spiro atoms. The van der Waals surface area contributed by atoms with E-state index in [0.717, 1.165) is 6.21 Å². The van der Waals surface area contributed by atoms with E-state index in [1.165, 1.54) is 6.92 Å². The van der Waals surface area contributed by atoms with E-state index in [-0.39, 0.29) is 0 Å². The van der Waals surface area contributed by atoms with Gasteiger partial charge in [0.05, 0.1) is 6.21 Å². The fourth-order valence-corrected chi connectivity index (χ4v) is 0.151. The Morgan fingerprint density at radius 2 is 2.29 bits per heavy atom. The topological polar surface area (TPSA) is 84.6 Å². The van der Waals surface area contributed by atoms with E-state index in [9.17, 15) is 0 Å². The molecular formula is C3H9N3O. The first kappa shape index (κ1) is 6.39. The lowest BCUT2D eigenvalue weighted by molar-refractivity contribution is 0.146. The van der Waals surface area contributed by atoms with Gasteiger partial charge in [-0.1, -0.05) is 0 Å². The second-order valence-corrected chi connectivity index (χ2v) is 1.50. The maximum atomic E-state index is 8.57. The summed E-state index contributed by atoms with van der Waals surface area (Å²) in [4.78, 5) is 0. The van der Waals surface area contributed by atoms with Crippen molar-refractivity contribution in [1.82, 2.24) is 0 Å². The van der Waals surface area contributed by atoms with Crippen molar-refractivity contribution in [2.24, 2.45) is 16.7 Å². The number of aliphatic hydroxyl groups is 1. The summed E-state index contributed by atoms with van der Waals surface area (Å²) in [6.45, 7) is 1.38. The molecule has 4 heteroatoms. The smallest absolute Gasteiger partial charge is 0.148 e. The van der Waals surface area contributed by atoms with Gasteiger partial charge < -0.3 is 10.9 Å². The summed E-state index contributed by atoms with van der Waals surface area (Å²) in [5, 5.41) is 11.6. The van der Waals surface area contributed by atoms with Crippen molar-refractivity contribution in [3.05, 3.63) is 0 Å². The predicted molar refractivity (Wildman–Crippen MR) is 27.5 cm³/mol. The number of rotatable bonds is 1. The molecule has 0 saturated heterocycles. The second-order valence-electron chi connectivity index (χ2n) is 1.50. The number of hydrogen-bond acceptors (Lipinski definition) is 4. The maximum Gasteiger partial charge on any atom is 0.148 e. The van der Waals surface area contributed by atoms with Crippen LogP contribution in [0.3, 0.4) is 0 Å². The summed E-state index contributed by atoms with van der Waals surface area (Å²) in [5.41, 5.74) is 3.61. The summed E-state index contributed by atoms with van der Waals surface area (Å²) in [5.74, 6) is 4.64. The van der Waals surface area contributed by atoms with E-state index in [4.69, 9.17) is 10.8 Å². The van der Waals surface area contributed by atoms with E-state index < -0.39 is 5.72 Å². The van der Waals surface area contributed by atoms with Crippen LogP contribution in [0, 0.1) is 0 Å². The van der Waals surface area contributed by atoms with Crippen molar-refractivity contribution in [2.75, 3.05) is 0 Å². The first-order chi connectivity index (χ1) is 3.06. The quantitative estimate of drug-likeness (QED) is 0.165. The largest absolute Gasteiger partial charge is 0.371 e. The lowest BCUT2D eigenvalue weighted by Gasteiger charge is -2.06. The number of nitrogens with two attached hydrogens (primary N) is 2. The average Bonchev–Trinajstić information content (AvgIpc) is 1.30. The first-order valence-corrected chi connectivity index (χ1v) is 1.82. The molecule has 4 nitrogen and oxygen atoms in total. The molecule has 0 amide bonds. The van der Waals surface area contributed by atoms with Crippen molar-refractivity contribution < 1.29 is 5.11 Å². The van der Waals surface area contributed by atoms with Gasteiger partial charge in [-0.25, -0.2) is 0 Å². The fraction of sp³-hybridized carbons (Fsp3) is 0.667. The van der Waals surface area contributed by atoms with E-state index in [1.807, 2.05) is 0 Å². The van der Waals surface area contributed by atoms with E-state index >= 15 is 0 Å². The first-order valence-electron chi connectivity index (χ1n) is 1.82. The molecule has 0 rings (SSSR count). The molecule has 7 heavy (non-hydrogen) atoms. The Morgan fingerprint density at radius 3 is 2.29 bits per heavy atom. The monoisotopic (exact) mass is 103 g/mol. The molecule has 0 aliphatic carbocycles. The molecule has 0 heterocycles. The number of hydrogen-bond donors (Lipinski definition) is 3. The third-order valence-corrected chi connectivity index (χ3v) is 0.336. The third kappa shape index (κ3) is 5.39. The van der Waals surface area contributed by atoms with Crippen LogP contribution in [-0.2, 0) is 0 Å². The minimum atomic E-state index is -1.37. The summed E-state index contributed by atoms with van der Waals surface area (Å²) >= 11 is 0. The van der Waals surface area contributed by atoms with Crippen LogP contribution in [0.2, 0.25) is 0 Å². The highest BCUT2D eigenvalue weighted by Crippen LogP contribution is 1.81. The molecular weight excluding hydrogens is 94.1 g/mol. The Kier molecular flexibility index (Phi) is 1.74. The van der Waals surface area contributed by atoms with Crippen LogP contribution in [0.1, 0.15) is 6.92 Å². The van der Waals surface area contributed by atoms with Crippen LogP contribution in [0.5, 0.6) is 0 Å². The van der Waals surface area contributed by atoms with Crippen molar-refractivity contribution in [3.8, 4) is 0 Å². The van der Waals surface area contributed by atoms with E-state index in [1.54, 1.807) is 0 Å². The van der Waals surface area contributed by atoms with Crippen LogP contribution in [0.25, 0.3) is 0 Å². The highest BCUT2D eigenvalue weighted by Gasteiger charge is 2.06. The number of nitrogens with zero attached hydrogens (tertiary/aromatic N) is 1. The summed E-state index contributed by atoms with van der Waals surface area (Å²) < 4.78 is 0. The van der Waals surface area contributed by atoms with Crippen molar-refractivity contribution >= 4 is 6.21 Å². The van der Waals surface area contributed by atoms with Crippen molar-refractivity contribution in [3.63, 3.8) is 0 Å². The molecule has 1 atom stereocenters. The van der Waals surface area contributed by atoms with Crippen LogP contribution in [0.4, 0.5) is 0 Å². The van der Waals surface area contributed by atoms with Crippen molar-refractivity contribution in [2.45, 2.75) is 12.6 Å². The summed E-state index contributed by atoms with van der Waals surface area (Å²) in [6, 6.07) is 0. The normalized spacial score (nSPS) is 19.9. The average molecular weight is 103 g/mol. The van der Waals surface area contributed by atoms with E-state index in [0.29, 0.717) is 0 Å². The zero-order valence-corrected chi connectivity index (χ0v) is 4.13. The molecule has 5 N–H and O–H groups in total. The highest BCUT2D eigenvalue weighted by molar-refractivity contribution is 5.65. The molecule has 0 saturated carbocycles. The van der Waals surface area contributed by atoms with Crippen LogP contribution >= 0.6 is 0 Å². The minimum Gasteiger partial charge on any atom is -0.371 e. The van der Waals surface area contributed by atoms with Gasteiger partial charge in [0.15, 0.2) is 0 Å². The van der Waals surface area contributed by atoms with Gasteiger partial charge in [0.1, 0.15) is 5.72 Å². The predicted octanol–water partition coefficient (Wildman–Crippen LogP) is -1.40. The maximum absolute atomic E-state index is 8.57. The summed E-state index contributed by atoms with van der Waals surface area (Å²) in [6.07, 6.45) is 1.05. The fourth-order valence-electron chi connectivity index (χ4n) is 0.151. The molecule has 0 bridgehead atoms. The molecule has 0 fully saturated rings. The Labute approximate surface area is 41.8 Å². The lowest BCUT2D eigenvalue weighted by atomic mass is 10.3. The van der Waals surface area contributed by atoms with E-state index in [2.05, 4.69) is 10.9 Å². The molecule has 0 aromatic rings. The molecule has 0 aromatic carbocycles. The van der Waals surface area contributed by atoms with Gasteiger partial charge in [-0.05, 0) is 6.92 Å². The van der Waals surface area contributed by atoms with Gasteiger partial charge in [-0.15, -0.1) is 0 Å². The minimum absolute atomic E-state index is 1.05. The Balaban J connectivity index is 3.56. The Bertz CT molecular complexity index is 72.7. The van der Waals surface area contributed by atoms with Gasteiger partial charge >= 0.3 is 0 Å². The Morgan fingerprint density at radius 1 is 1.86 bits per heavy atom. The SMILES string of the molecule is CC(N)(O)/C=N\N. The number of hydrazone groups is 1. The molecule has 0 aromatic heterocycles. The van der Waals surface area contributed by atoms with Crippen LogP contribution in [-0.4, -0.2) is 17.0 Å². The Hall–Kier alpha value is -0.610. The molecule has 0 aliphatic heterocycles. The third-order valence-electron chi connectivity index (χ3n) is 0.336. The highest BCUT2D eigenvalue weighted by atomic mass is 16.3. The van der Waals surface area contributed by atoms with Crippen LogP contribution < -0.4 is 11.6 Å². The molecule has 0 aliphatic rings. The van der Waals surface area contributed by atoms with Gasteiger partial charge in [-0.2, -0.15) is 5.10 Å². The zero-order valence-electron chi connectivity index (χ0n) is 4.13. The van der Waals surface area contributed by atoms with Gasteiger partial charge in [-0.3, -0.25) is 5.73 Å². The van der Waals surface area contributed by atoms with Gasteiger partial charge in [0.2, 0.25) is 0 Å². The molecule has 42 valence electrons. The van der Waals surface area contributed by atoms with Gasteiger partial charge in [0, 0.05) is 0 Å². The summed E-state index contributed by atoms with van der Waals surface area (Å²) in [7, 11) is 0. The molecule has 1 unspecified atom stereocenters. The molecule has 0 radical (unpaired) electrons. The second kappa shape index (κ2) is 1.90. The van der Waals surface area contributed by atoms with Crippen LogP contribution in [0.15, 0.2) is 5.10 Å². The van der Waals surface area contributed by atoms with Crippen molar-refractivity contribution in [1.29, 1.82) is 0 Å². The van der Waals surface area contributed by atoms with Gasteiger partial charge in [0.25, 0.3) is 0 Å². The zero-order chi connectivity index (χ0) is 5.91. The standard InChI is InChI=1S/C3H9N3O/c1-3(4,7)2-6-5/h2,7H,4-5H2,1H3/b6-2-.